The second kappa shape index (κ2) is 6.01. The first-order valence-electron chi connectivity index (χ1n) is 5.33. The summed E-state index contributed by atoms with van der Waals surface area (Å²) in [7, 11) is -3.65. The summed E-state index contributed by atoms with van der Waals surface area (Å²) in [4.78, 5) is 3.78. The number of halogens is 5. The largest absolute Gasteiger partial charge is 0.223 e. The van der Waals surface area contributed by atoms with E-state index in [2.05, 4.69) is 20.9 Å². The molecule has 0 spiro atoms. The molecule has 0 radical (unpaired) electrons. The lowest BCUT2D eigenvalue weighted by Gasteiger charge is -2.13. The molecule has 0 fully saturated rings. The first kappa shape index (κ1) is 17.0. The molecule has 21 heavy (non-hydrogen) atoms. The molecule has 1 aromatic heterocycles. The second-order valence-corrected chi connectivity index (χ2v) is 7.95. The van der Waals surface area contributed by atoms with Crippen LogP contribution in [0, 0.1) is 5.82 Å². The van der Waals surface area contributed by atoms with Crippen LogP contribution in [0.5, 0.6) is 0 Å². The molecule has 0 N–H and O–H groups in total. The van der Waals surface area contributed by atoms with E-state index in [0.29, 0.717) is 0 Å². The van der Waals surface area contributed by atoms with Crippen LogP contribution >= 0.6 is 50.7 Å². The molecule has 0 amide bonds. The Morgan fingerprint density at radius 3 is 2.33 bits per heavy atom. The molecule has 0 atom stereocenters. The third kappa shape index (κ3) is 3.19. The van der Waals surface area contributed by atoms with Gasteiger partial charge in [0.25, 0.3) is 0 Å². The van der Waals surface area contributed by atoms with Gasteiger partial charge in [-0.15, -0.1) is 0 Å². The van der Waals surface area contributed by atoms with Gasteiger partial charge in [-0.3, -0.25) is 0 Å². The molecule has 0 saturated heterocycles. The predicted octanol–water partition coefficient (Wildman–Crippen LogP) is 5.01. The molecule has 0 aliphatic rings. The highest BCUT2D eigenvalue weighted by molar-refractivity contribution is 9.10. The van der Waals surface area contributed by atoms with Gasteiger partial charge in [-0.2, -0.15) is 0 Å². The van der Waals surface area contributed by atoms with Crippen LogP contribution in [-0.2, 0) is 9.84 Å². The van der Waals surface area contributed by atoms with E-state index in [1.165, 1.54) is 18.2 Å². The van der Waals surface area contributed by atoms with E-state index in [1.54, 1.807) is 0 Å². The summed E-state index contributed by atoms with van der Waals surface area (Å²) in [6, 6.07) is 4.08. The smallest absolute Gasteiger partial charge is 0.194 e. The summed E-state index contributed by atoms with van der Waals surface area (Å²) in [6.07, 6.45) is 0.961. The molecule has 1 heterocycles. The van der Waals surface area contributed by atoms with E-state index in [4.69, 9.17) is 34.8 Å². The Labute approximate surface area is 144 Å². The van der Waals surface area contributed by atoms with Crippen molar-refractivity contribution >= 4 is 60.6 Å². The van der Waals surface area contributed by atoms with E-state index in [9.17, 15) is 12.8 Å². The van der Waals surface area contributed by atoms with Crippen LogP contribution in [-0.4, -0.2) is 19.7 Å². The summed E-state index contributed by atoms with van der Waals surface area (Å²) >= 11 is 21.1. The predicted molar refractivity (Wildman–Crippen MR) is 85.5 cm³/mol. The highest BCUT2D eigenvalue weighted by Gasteiger charge is 2.25. The number of nitrogens with zero attached hydrogens (tertiary/aromatic N) is 1. The number of rotatable bonds is 2. The lowest BCUT2D eigenvalue weighted by Crippen LogP contribution is -2.04. The van der Waals surface area contributed by atoms with Crippen molar-refractivity contribution in [3.8, 4) is 11.1 Å². The monoisotopic (exact) mass is 431 g/mol. The number of hydrogen-bond donors (Lipinski definition) is 0. The molecular weight excluding hydrogens is 427 g/mol. The Bertz CT molecular complexity index is 823. The van der Waals surface area contributed by atoms with E-state index in [1.807, 2.05) is 0 Å². The molecule has 3 nitrogen and oxygen atoms in total. The lowest BCUT2D eigenvalue weighted by atomic mass is 10.1. The molecule has 0 unspecified atom stereocenters. The van der Waals surface area contributed by atoms with Crippen molar-refractivity contribution in [2.75, 3.05) is 6.26 Å². The zero-order chi connectivity index (χ0) is 15.9. The SMILES string of the molecule is CS(=O)(=O)c1nc(Cl)c(-c2c(F)cccc2Cl)c(Cl)c1Br. The third-order valence-corrected chi connectivity index (χ3v) is 5.80. The van der Waals surface area contributed by atoms with Gasteiger partial charge in [0.1, 0.15) is 11.0 Å². The van der Waals surface area contributed by atoms with E-state index < -0.39 is 15.7 Å². The van der Waals surface area contributed by atoms with Crippen molar-refractivity contribution in [2.24, 2.45) is 0 Å². The lowest BCUT2D eigenvalue weighted by molar-refractivity contribution is 0.597. The maximum absolute atomic E-state index is 14.0. The maximum Gasteiger partial charge on any atom is 0.194 e. The summed E-state index contributed by atoms with van der Waals surface area (Å²) in [6.45, 7) is 0. The molecule has 9 heteroatoms. The van der Waals surface area contributed by atoms with Crippen molar-refractivity contribution in [1.29, 1.82) is 0 Å². The molecule has 1 aromatic carbocycles. The summed E-state index contributed by atoms with van der Waals surface area (Å²) in [5.41, 5.74) is -0.0110. The molecule has 0 bridgehead atoms. The molecule has 2 rings (SSSR count). The van der Waals surface area contributed by atoms with Crippen LogP contribution in [0.3, 0.4) is 0 Å². The fraction of sp³-hybridized carbons (Fsp3) is 0.0833. The number of sulfone groups is 1. The number of benzene rings is 1. The Kier molecular flexibility index (Phi) is 4.85. The fourth-order valence-electron chi connectivity index (χ4n) is 1.68. The molecule has 2 aromatic rings. The Morgan fingerprint density at radius 1 is 1.19 bits per heavy atom. The second-order valence-electron chi connectivity index (χ2n) is 4.08. The quantitative estimate of drug-likeness (QED) is 0.625. The van der Waals surface area contributed by atoms with Gasteiger partial charge < -0.3 is 0 Å². The van der Waals surface area contributed by atoms with E-state index in [0.717, 1.165) is 6.26 Å². The maximum atomic E-state index is 14.0. The molecule has 0 aliphatic heterocycles. The Hall–Kier alpha value is -0.400. The van der Waals surface area contributed by atoms with Gasteiger partial charge in [0, 0.05) is 17.4 Å². The fourth-order valence-corrected chi connectivity index (χ4v) is 4.50. The number of hydrogen-bond acceptors (Lipinski definition) is 3. The van der Waals surface area contributed by atoms with Crippen LogP contribution in [0.4, 0.5) is 4.39 Å². The van der Waals surface area contributed by atoms with E-state index in [-0.39, 0.29) is 35.8 Å². The minimum absolute atomic E-state index is 0.00499. The van der Waals surface area contributed by atoms with Gasteiger partial charge in [-0.25, -0.2) is 17.8 Å². The Morgan fingerprint density at radius 2 is 1.81 bits per heavy atom. The van der Waals surface area contributed by atoms with Gasteiger partial charge >= 0.3 is 0 Å². The van der Waals surface area contributed by atoms with Crippen molar-refractivity contribution in [2.45, 2.75) is 5.03 Å². The van der Waals surface area contributed by atoms with Gasteiger partial charge in [-0.05, 0) is 28.1 Å². The van der Waals surface area contributed by atoms with Crippen LogP contribution < -0.4 is 0 Å². The normalized spacial score (nSPS) is 11.7. The topological polar surface area (TPSA) is 47.0 Å². The van der Waals surface area contributed by atoms with Crippen LogP contribution in [0.25, 0.3) is 11.1 Å². The molecule has 0 saturated carbocycles. The van der Waals surface area contributed by atoms with Gasteiger partial charge in [0.15, 0.2) is 14.9 Å². The summed E-state index contributed by atoms with van der Waals surface area (Å²) < 4.78 is 37.3. The van der Waals surface area contributed by atoms with Crippen molar-refractivity contribution < 1.29 is 12.8 Å². The zero-order valence-corrected chi connectivity index (χ0v) is 15.0. The minimum Gasteiger partial charge on any atom is -0.223 e. The average Bonchev–Trinajstić information content (AvgIpc) is 2.36. The van der Waals surface area contributed by atoms with E-state index >= 15 is 0 Å². The van der Waals surface area contributed by atoms with Crippen molar-refractivity contribution in [1.82, 2.24) is 4.98 Å². The Balaban J connectivity index is 2.88. The van der Waals surface area contributed by atoms with Crippen LogP contribution in [0.1, 0.15) is 0 Å². The third-order valence-electron chi connectivity index (χ3n) is 2.57. The number of pyridine rings is 1. The number of aromatic nitrogens is 1. The average molecular weight is 434 g/mol. The zero-order valence-electron chi connectivity index (χ0n) is 10.3. The van der Waals surface area contributed by atoms with Gasteiger partial charge in [-0.1, -0.05) is 40.9 Å². The summed E-state index contributed by atoms with van der Waals surface area (Å²) in [5, 5.41) is -0.577. The highest BCUT2D eigenvalue weighted by atomic mass is 79.9. The van der Waals surface area contributed by atoms with Gasteiger partial charge in [0.2, 0.25) is 0 Å². The van der Waals surface area contributed by atoms with Gasteiger partial charge in [0.05, 0.1) is 14.5 Å². The molecule has 0 aliphatic carbocycles. The first-order valence-corrected chi connectivity index (χ1v) is 9.15. The minimum atomic E-state index is -3.65. The van der Waals surface area contributed by atoms with Crippen LogP contribution in [0.2, 0.25) is 15.2 Å². The van der Waals surface area contributed by atoms with Crippen molar-refractivity contribution in [3.05, 3.63) is 43.7 Å². The van der Waals surface area contributed by atoms with Crippen molar-refractivity contribution in [3.63, 3.8) is 0 Å². The molecule has 112 valence electrons. The first-order chi connectivity index (χ1) is 9.64. The summed E-state index contributed by atoms with van der Waals surface area (Å²) in [5.74, 6) is -0.646. The standard InChI is InChI=1S/C12H6BrCl3FNO2S/c1-21(19,20)12-9(13)10(15)8(11(16)18-12)7-5(14)3-2-4-6(7)17/h2-4H,1H3. The highest BCUT2D eigenvalue weighted by Crippen LogP contribution is 2.44. The van der Waals surface area contributed by atoms with Crippen LogP contribution in [0.15, 0.2) is 27.7 Å². The molecular formula is C12H6BrCl3FNO2S.